The van der Waals surface area contributed by atoms with Crippen molar-refractivity contribution in [3.63, 3.8) is 0 Å². The predicted octanol–water partition coefficient (Wildman–Crippen LogP) is 13.4. The molecule has 366 valence electrons. The van der Waals surface area contributed by atoms with Crippen molar-refractivity contribution in [3.05, 3.63) is 48.6 Å². The molecule has 0 aromatic rings. The van der Waals surface area contributed by atoms with E-state index in [2.05, 4.69) is 62.5 Å². The van der Waals surface area contributed by atoms with Crippen LogP contribution in [0.2, 0.25) is 0 Å². The first-order chi connectivity index (χ1) is 30.5. The van der Waals surface area contributed by atoms with Crippen LogP contribution >= 0.6 is 7.82 Å². The largest absolute Gasteiger partial charge is 0.756 e. The number of quaternary nitrogens is 1. The van der Waals surface area contributed by atoms with Crippen molar-refractivity contribution >= 4 is 19.8 Å². The van der Waals surface area contributed by atoms with E-state index in [1.165, 1.54) is 122 Å². The number of allylic oxidation sites excluding steroid dienone is 7. The van der Waals surface area contributed by atoms with Crippen LogP contribution in [0.25, 0.3) is 0 Å². The quantitative estimate of drug-likeness (QED) is 0.0147. The fourth-order valence-corrected chi connectivity index (χ4v) is 7.88. The van der Waals surface area contributed by atoms with Crippen molar-refractivity contribution < 1.29 is 46.8 Å². The first-order valence-corrected chi connectivity index (χ1v) is 26.9. The van der Waals surface area contributed by atoms with Crippen LogP contribution in [-0.2, 0) is 37.4 Å². The van der Waals surface area contributed by atoms with Gasteiger partial charge in [-0.1, -0.05) is 165 Å². The molecule has 1 saturated heterocycles. The number of phosphoric ester groups is 1. The van der Waals surface area contributed by atoms with Gasteiger partial charge in [0.1, 0.15) is 19.8 Å². The number of hydrogen-bond acceptors (Lipinski definition) is 9. The second-order valence-electron chi connectivity index (χ2n) is 18.6. The summed E-state index contributed by atoms with van der Waals surface area (Å²) in [4.78, 5) is 37.8. The van der Waals surface area contributed by atoms with Crippen LogP contribution in [0.5, 0.6) is 0 Å². The van der Waals surface area contributed by atoms with E-state index < -0.39 is 32.5 Å². The third-order valence-electron chi connectivity index (χ3n) is 11.2. The second kappa shape index (κ2) is 40.2. The number of phosphoric acid groups is 1. The van der Waals surface area contributed by atoms with Crippen LogP contribution in [0.15, 0.2) is 48.6 Å². The molecule has 0 aromatic carbocycles. The molecule has 0 spiro atoms. The smallest absolute Gasteiger partial charge is 0.306 e. The normalized spacial score (nSPS) is 17.0. The van der Waals surface area contributed by atoms with Crippen LogP contribution < -0.4 is 4.89 Å². The molecule has 0 N–H and O–H groups in total. The molecule has 1 rings (SSSR count). The maximum atomic E-state index is 12.8. The number of carbonyl (C=O) groups excluding carboxylic acids is 2. The Hall–Kier alpha value is -2.07. The third-order valence-corrected chi connectivity index (χ3v) is 12.2. The Morgan fingerprint density at radius 1 is 0.587 bits per heavy atom. The molecule has 0 aromatic heterocycles. The van der Waals surface area contributed by atoms with Gasteiger partial charge < -0.3 is 32.6 Å². The average Bonchev–Trinajstić information content (AvgIpc) is 3.99. The summed E-state index contributed by atoms with van der Waals surface area (Å²) >= 11 is 0. The maximum absolute atomic E-state index is 12.8. The SMILES string of the molecule is CCCCC/C=C\C/C=C\C/C=C\CC1OC1CCCC(=O)O[C@H](COC(=O)CCCCCCCCCCCCC/C=C\CCCCCCCC)COP(=O)([O-])OCC[N+](C)(C)C. The standard InChI is InChI=1S/C52H94NO9P/c1-6-8-10-12-14-16-18-20-21-22-23-24-25-26-27-28-30-32-34-36-38-42-51(54)58-46-48(47-60-63(56,57)59-45-44-53(3,4)5)61-52(55)43-39-41-50-49(62-50)40-37-35-33-31-29-19-17-15-13-11-9-7-2/h15,17,20-21,29,31,35,37,48-50H,6-14,16,18-19,22-28,30,32-34,36,38-47H2,1-5H3/b17-15-,21-20-,31-29-,37-35-/t48-,49?,50?/m1/s1. The highest BCUT2D eigenvalue weighted by Crippen LogP contribution is 2.38. The molecule has 0 aliphatic carbocycles. The zero-order valence-electron chi connectivity index (χ0n) is 41.0. The summed E-state index contributed by atoms with van der Waals surface area (Å²) in [7, 11) is 1.12. The number of hydrogen-bond donors (Lipinski definition) is 0. The Kier molecular flexibility index (Phi) is 37.6. The number of esters is 2. The van der Waals surface area contributed by atoms with Gasteiger partial charge in [0, 0.05) is 12.8 Å². The second-order valence-corrected chi connectivity index (χ2v) is 20.0. The van der Waals surface area contributed by atoms with Crippen LogP contribution in [-0.4, -0.2) is 82.2 Å². The molecule has 1 aliphatic heterocycles. The van der Waals surface area contributed by atoms with Gasteiger partial charge in [-0.15, -0.1) is 0 Å². The summed E-state index contributed by atoms with van der Waals surface area (Å²) in [5.41, 5.74) is 0. The highest BCUT2D eigenvalue weighted by Gasteiger charge is 2.36. The van der Waals surface area contributed by atoms with Gasteiger partial charge in [-0.05, 0) is 77.0 Å². The van der Waals surface area contributed by atoms with E-state index in [-0.39, 0.29) is 38.3 Å². The molecule has 1 fully saturated rings. The van der Waals surface area contributed by atoms with Gasteiger partial charge in [0.05, 0.1) is 40.0 Å². The predicted molar refractivity (Wildman–Crippen MR) is 258 cm³/mol. The molecule has 1 heterocycles. The average molecular weight is 908 g/mol. The molecule has 0 bridgehead atoms. The van der Waals surface area contributed by atoms with Gasteiger partial charge in [0.2, 0.25) is 0 Å². The number of carbonyl (C=O) groups is 2. The zero-order chi connectivity index (χ0) is 46.1. The van der Waals surface area contributed by atoms with Gasteiger partial charge in [-0.25, -0.2) is 0 Å². The fraction of sp³-hybridized carbons (Fsp3) is 0.808. The van der Waals surface area contributed by atoms with Gasteiger partial charge in [0.25, 0.3) is 7.82 Å². The number of epoxide rings is 1. The monoisotopic (exact) mass is 908 g/mol. The summed E-state index contributed by atoms with van der Waals surface area (Å²) in [5.74, 6) is -0.908. The first-order valence-electron chi connectivity index (χ1n) is 25.5. The van der Waals surface area contributed by atoms with Crippen LogP contribution in [0, 0.1) is 0 Å². The Morgan fingerprint density at radius 2 is 1.06 bits per heavy atom. The first kappa shape index (κ1) is 58.9. The molecule has 10 nitrogen and oxygen atoms in total. The highest BCUT2D eigenvalue weighted by molar-refractivity contribution is 7.45. The number of rotatable bonds is 45. The van der Waals surface area contributed by atoms with E-state index in [4.69, 9.17) is 23.3 Å². The minimum atomic E-state index is -4.66. The lowest BCUT2D eigenvalue weighted by Crippen LogP contribution is -2.37. The lowest BCUT2D eigenvalue weighted by Gasteiger charge is -2.28. The lowest BCUT2D eigenvalue weighted by molar-refractivity contribution is -0.870. The van der Waals surface area contributed by atoms with Crippen LogP contribution in [0.4, 0.5) is 0 Å². The fourth-order valence-electron chi connectivity index (χ4n) is 7.15. The Bertz CT molecular complexity index is 1280. The van der Waals surface area contributed by atoms with E-state index in [0.29, 0.717) is 17.4 Å². The molecule has 1 aliphatic rings. The highest BCUT2D eigenvalue weighted by atomic mass is 31.2. The lowest BCUT2D eigenvalue weighted by atomic mass is 10.0. The Balaban J connectivity index is 2.26. The minimum absolute atomic E-state index is 0.0460. The van der Waals surface area contributed by atoms with Crippen molar-refractivity contribution in [1.29, 1.82) is 0 Å². The van der Waals surface area contributed by atoms with E-state index >= 15 is 0 Å². The van der Waals surface area contributed by atoms with Crippen LogP contribution in [0.1, 0.15) is 206 Å². The zero-order valence-corrected chi connectivity index (χ0v) is 41.9. The molecular formula is C52H94NO9P. The maximum Gasteiger partial charge on any atom is 0.306 e. The summed E-state index contributed by atoms with van der Waals surface area (Å²) in [6, 6.07) is 0. The van der Waals surface area contributed by atoms with Gasteiger partial charge >= 0.3 is 11.9 Å². The third kappa shape index (κ3) is 41.1. The molecule has 4 atom stereocenters. The molecule has 0 amide bonds. The van der Waals surface area contributed by atoms with Gasteiger partial charge in [-0.3, -0.25) is 14.2 Å². The number of likely N-dealkylation sites (N-methyl/N-ethyl adjacent to an activating group) is 1. The topological polar surface area (TPSA) is 124 Å². The van der Waals surface area contributed by atoms with Crippen molar-refractivity contribution in [1.82, 2.24) is 0 Å². The van der Waals surface area contributed by atoms with E-state index in [1.54, 1.807) is 0 Å². The molecule has 0 saturated carbocycles. The Labute approximate surface area is 386 Å². The molecule has 3 unspecified atom stereocenters. The van der Waals surface area contributed by atoms with Crippen LogP contribution in [0.3, 0.4) is 0 Å². The summed E-state index contributed by atoms with van der Waals surface area (Å²) in [6.07, 6.45) is 50.2. The molecule has 11 heteroatoms. The van der Waals surface area contributed by atoms with Gasteiger partial charge in [0.15, 0.2) is 6.10 Å². The molecule has 0 radical (unpaired) electrons. The molecule has 63 heavy (non-hydrogen) atoms. The van der Waals surface area contributed by atoms with Crippen molar-refractivity contribution in [2.45, 2.75) is 225 Å². The number of nitrogens with zero attached hydrogens (tertiary/aromatic N) is 1. The summed E-state index contributed by atoms with van der Waals surface area (Å²) in [5, 5.41) is 0. The van der Waals surface area contributed by atoms with E-state index in [9.17, 15) is 19.0 Å². The van der Waals surface area contributed by atoms with Gasteiger partial charge in [-0.2, -0.15) is 0 Å². The summed E-state index contributed by atoms with van der Waals surface area (Å²) < 4.78 is 39.8. The van der Waals surface area contributed by atoms with Crippen molar-refractivity contribution in [2.24, 2.45) is 0 Å². The number of ether oxygens (including phenoxy) is 3. The van der Waals surface area contributed by atoms with Crippen molar-refractivity contribution in [2.75, 3.05) is 47.5 Å². The number of unbranched alkanes of at least 4 members (excludes halogenated alkanes) is 20. The van der Waals surface area contributed by atoms with E-state index in [0.717, 1.165) is 51.4 Å². The van der Waals surface area contributed by atoms with Crippen molar-refractivity contribution in [3.8, 4) is 0 Å². The van der Waals surface area contributed by atoms with E-state index in [1.807, 2.05) is 21.1 Å². The molecular weight excluding hydrogens is 814 g/mol. The summed E-state index contributed by atoms with van der Waals surface area (Å²) in [6.45, 7) is 4.12. The Morgan fingerprint density at radius 3 is 1.65 bits per heavy atom. The minimum Gasteiger partial charge on any atom is -0.756 e.